The lowest BCUT2D eigenvalue weighted by Crippen LogP contribution is -2.37. The molecule has 1 N–H and O–H groups in total. The number of methoxy groups -OCH3 is 1. The van der Waals surface area contributed by atoms with Crippen molar-refractivity contribution in [1.82, 2.24) is 4.90 Å². The number of hydrogen-bond acceptors (Lipinski definition) is 4. The van der Waals surface area contributed by atoms with E-state index in [0.717, 1.165) is 5.56 Å². The first kappa shape index (κ1) is 22.6. The van der Waals surface area contributed by atoms with Gasteiger partial charge in [0, 0.05) is 7.05 Å². The van der Waals surface area contributed by atoms with Gasteiger partial charge in [0.2, 0.25) is 5.91 Å². The lowest BCUT2D eigenvalue weighted by molar-refractivity contribution is -0.135. The summed E-state index contributed by atoms with van der Waals surface area (Å²) >= 11 is 12.1. The Bertz CT molecular complexity index is 895. The van der Waals surface area contributed by atoms with Crippen molar-refractivity contribution in [3.05, 3.63) is 58.1 Å². The fraction of sp³-hybridized carbons (Fsp3) is 0.238. The maximum absolute atomic E-state index is 12.3. The predicted molar refractivity (Wildman–Crippen MR) is 116 cm³/mol. The first-order chi connectivity index (χ1) is 13.8. The largest absolute Gasteiger partial charge is 0.493 e. The molecule has 0 radical (unpaired) electrons. The van der Waals surface area contributed by atoms with Crippen molar-refractivity contribution in [2.45, 2.75) is 6.92 Å². The molecule has 0 saturated carbocycles. The molecule has 0 unspecified atom stereocenters. The van der Waals surface area contributed by atoms with Crippen LogP contribution in [0, 0.1) is 0 Å². The summed E-state index contributed by atoms with van der Waals surface area (Å²) in [6, 6.07) is 10.3. The van der Waals surface area contributed by atoms with Gasteiger partial charge >= 0.3 is 0 Å². The number of benzene rings is 2. The van der Waals surface area contributed by atoms with Crippen LogP contribution in [0.1, 0.15) is 12.5 Å². The van der Waals surface area contributed by atoms with E-state index in [-0.39, 0.29) is 19.1 Å². The van der Waals surface area contributed by atoms with E-state index in [9.17, 15) is 9.59 Å². The quantitative estimate of drug-likeness (QED) is 0.660. The van der Waals surface area contributed by atoms with Crippen LogP contribution >= 0.6 is 23.2 Å². The van der Waals surface area contributed by atoms with Crippen LogP contribution in [0.15, 0.2) is 42.5 Å². The average Bonchev–Trinajstić information content (AvgIpc) is 2.69. The molecule has 154 valence electrons. The Morgan fingerprint density at radius 2 is 1.83 bits per heavy atom. The summed E-state index contributed by atoms with van der Waals surface area (Å²) in [5, 5.41) is 3.24. The Morgan fingerprint density at radius 3 is 2.45 bits per heavy atom. The Morgan fingerprint density at radius 1 is 1.14 bits per heavy atom. The molecule has 2 rings (SSSR count). The minimum Gasteiger partial charge on any atom is -0.493 e. The number of ether oxygens (including phenoxy) is 2. The van der Waals surface area contributed by atoms with Crippen LogP contribution in [0.5, 0.6) is 11.5 Å². The summed E-state index contributed by atoms with van der Waals surface area (Å²) in [7, 11) is 3.03. The molecule has 2 aromatic rings. The molecule has 2 amide bonds. The van der Waals surface area contributed by atoms with Gasteiger partial charge in [0.05, 0.1) is 29.4 Å². The van der Waals surface area contributed by atoms with Crippen LogP contribution in [0.3, 0.4) is 0 Å². The van der Waals surface area contributed by atoms with Gasteiger partial charge < -0.3 is 19.7 Å². The third-order valence-electron chi connectivity index (χ3n) is 3.93. The molecule has 0 aliphatic rings. The zero-order valence-electron chi connectivity index (χ0n) is 16.4. The highest BCUT2D eigenvalue weighted by molar-refractivity contribution is 6.39. The van der Waals surface area contributed by atoms with Gasteiger partial charge in [-0.15, -0.1) is 0 Å². The number of carbonyl (C=O) groups excluding carboxylic acids is 2. The van der Waals surface area contributed by atoms with E-state index in [1.807, 2.05) is 31.2 Å². The van der Waals surface area contributed by atoms with Gasteiger partial charge in [-0.1, -0.05) is 47.5 Å². The second-order valence-corrected chi connectivity index (χ2v) is 6.91. The van der Waals surface area contributed by atoms with Crippen LogP contribution in [-0.2, 0) is 9.59 Å². The highest BCUT2D eigenvalue weighted by Gasteiger charge is 2.16. The number of nitrogens with zero attached hydrogens (tertiary/aromatic N) is 1. The van der Waals surface area contributed by atoms with Gasteiger partial charge in [0.15, 0.2) is 18.1 Å². The molecule has 8 heteroatoms. The summed E-state index contributed by atoms with van der Waals surface area (Å²) in [5.41, 5.74) is 1.26. The second-order valence-electron chi connectivity index (χ2n) is 6.09. The summed E-state index contributed by atoms with van der Waals surface area (Å²) < 4.78 is 10.9. The van der Waals surface area contributed by atoms with E-state index < -0.39 is 5.91 Å². The molecule has 0 atom stereocenters. The third-order valence-corrected chi connectivity index (χ3v) is 4.56. The van der Waals surface area contributed by atoms with Crippen LogP contribution < -0.4 is 14.8 Å². The molecule has 0 aromatic heterocycles. The summed E-state index contributed by atoms with van der Waals surface area (Å²) in [6.07, 6.45) is 3.84. The molecule has 0 saturated heterocycles. The van der Waals surface area contributed by atoms with E-state index in [4.69, 9.17) is 32.7 Å². The molecule has 6 nitrogen and oxygen atoms in total. The number of halogens is 2. The van der Waals surface area contributed by atoms with Crippen LogP contribution in [0.25, 0.3) is 6.08 Å². The number of amides is 2. The van der Waals surface area contributed by atoms with Crippen LogP contribution in [0.2, 0.25) is 10.0 Å². The fourth-order valence-corrected chi connectivity index (χ4v) is 2.94. The number of likely N-dealkylation sites (N-methyl/N-ethyl adjacent to an activating group) is 1. The minimum absolute atomic E-state index is 0.179. The molecule has 0 aliphatic carbocycles. The number of hydrogen-bond donors (Lipinski definition) is 1. The number of carbonyl (C=O) groups is 2. The molecule has 0 spiro atoms. The van der Waals surface area contributed by atoms with Gasteiger partial charge in [0.25, 0.3) is 5.91 Å². The van der Waals surface area contributed by atoms with E-state index in [1.54, 1.807) is 24.3 Å². The Labute approximate surface area is 180 Å². The van der Waals surface area contributed by atoms with E-state index in [2.05, 4.69) is 5.32 Å². The lowest BCUT2D eigenvalue weighted by atomic mass is 10.2. The standard InChI is InChI=1S/C21H22Cl2N2O4/c1-4-6-14-9-10-17(18(11-14)28-3)29-13-20(27)25(2)12-19(26)24-21-15(22)7-5-8-16(21)23/h4-11H,12-13H2,1-3H3,(H,24,26)/b6-4+. The van der Waals surface area contributed by atoms with Crippen molar-refractivity contribution in [3.8, 4) is 11.5 Å². The van der Waals surface area contributed by atoms with Crippen molar-refractivity contribution >= 4 is 46.8 Å². The predicted octanol–water partition coefficient (Wildman–Crippen LogP) is 4.51. The molecule has 29 heavy (non-hydrogen) atoms. The van der Waals surface area contributed by atoms with Gasteiger partial charge in [-0.25, -0.2) is 0 Å². The van der Waals surface area contributed by atoms with Crippen LogP contribution in [-0.4, -0.2) is 44.0 Å². The number of anilines is 1. The maximum Gasteiger partial charge on any atom is 0.260 e. The first-order valence-electron chi connectivity index (χ1n) is 8.77. The average molecular weight is 437 g/mol. The zero-order valence-corrected chi connectivity index (χ0v) is 17.9. The molecule has 0 fully saturated rings. The second kappa shape index (κ2) is 10.7. The van der Waals surface area contributed by atoms with Crippen molar-refractivity contribution in [1.29, 1.82) is 0 Å². The van der Waals surface area contributed by atoms with E-state index in [1.165, 1.54) is 19.1 Å². The topological polar surface area (TPSA) is 67.9 Å². The lowest BCUT2D eigenvalue weighted by Gasteiger charge is -2.18. The highest BCUT2D eigenvalue weighted by atomic mass is 35.5. The minimum atomic E-state index is -0.427. The summed E-state index contributed by atoms with van der Waals surface area (Å²) in [5.74, 6) is 0.158. The third kappa shape index (κ3) is 6.41. The summed E-state index contributed by atoms with van der Waals surface area (Å²) in [4.78, 5) is 25.8. The first-order valence-corrected chi connectivity index (χ1v) is 9.52. The number of para-hydroxylation sites is 1. The van der Waals surface area contributed by atoms with Crippen molar-refractivity contribution in [2.24, 2.45) is 0 Å². The van der Waals surface area contributed by atoms with Crippen molar-refractivity contribution in [3.63, 3.8) is 0 Å². The van der Waals surface area contributed by atoms with Gasteiger partial charge in [-0.2, -0.15) is 0 Å². The van der Waals surface area contributed by atoms with E-state index >= 15 is 0 Å². The molecular weight excluding hydrogens is 415 g/mol. The maximum atomic E-state index is 12.3. The van der Waals surface area contributed by atoms with Crippen LogP contribution in [0.4, 0.5) is 5.69 Å². The molecule has 2 aromatic carbocycles. The SMILES string of the molecule is C/C=C/c1ccc(OCC(=O)N(C)CC(=O)Nc2c(Cl)cccc2Cl)c(OC)c1. The number of allylic oxidation sites excluding steroid dienone is 1. The van der Waals surface area contributed by atoms with Crippen molar-refractivity contribution in [2.75, 3.05) is 32.6 Å². The molecule has 0 aliphatic heterocycles. The van der Waals surface area contributed by atoms with Gasteiger partial charge in [-0.05, 0) is 36.8 Å². The smallest absolute Gasteiger partial charge is 0.260 e. The fourth-order valence-electron chi connectivity index (χ4n) is 2.45. The van der Waals surface area contributed by atoms with Crippen molar-refractivity contribution < 1.29 is 19.1 Å². The Balaban J connectivity index is 1.93. The number of rotatable bonds is 8. The Kier molecular flexibility index (Phi) is 8.36. The molecule has 0 heterocycles. The van der Waals surface area contributed by atoms with E-state index in [0.29, 0.717) is 27.2 Å². The Hall–Kier alpha value is -2.70. The van der Waals surface area contributed by atoms with Gasteiger partial charge in [-0.3, -0.25) is 9.59 Å². The molecular formula is C21H22Cl2N2O4. The normalized spacial score (nSPS) is 10.7. The molecule has 0 bridgehead atoms. The van der Waals surface area contributed by atoms with Gasteiger partial charge in [0.1, 0.15) is 0 Å². The summed E-state index contributed by atoms with van der Waals surface area (Å²) in [6.45, 7) is 1.50. The monoisotopic (exact) mass is 436 g/mol. The number of nitrogens with one attached hydrogen (secondary N) is 1. The zero-order chi connectivity index (χ0) is 21.4. The highest BCUT2D eigenvalue weighted by Crippen LogP contribution is 2.30.